The molecule has 2 aliphatic rings. The molecule has 2 aromatic carbocycles. The number of carbonyl (C=O) groups is 4. The topological polar surface area (TPSA) is 92.3 Å². The largest absolute Gasteiger partial charge is 0.288 e. The van der Waals surface area contributed by atoms with Crippen molar-refractivity contribution in [3.8, 4) is 0 Å². The summed E-state index contributed by atoms with van der Waals surface area (Å²) in [6.07, 6.45) is 0. The molecule has 20 heavy (non-hydrogen) atoms. The molecule has 2 N–H and O–H groups in total. The molecule has 0 bridgehead atoms. The van der Waals surface area contributed by atoms with Crippen molar-refractivity contribution in [3.05, 3.63) is 46.5 Å². The summed E-state index contributed by atoms with van der Waals surface area (Å²) in [6, 6.07) is 5.95. The van der Waals surface area contributed by atoms with Crippen LogP contribution in [0.25, 0.3) is 10.8 Å². The second-order valence-corrected chi connectivity index (χ2v) is 4.64. The highest BCUT2D eigenvalue weighted by atomic mass is 16.2. The Kier molecular flexibility index (Phi) is 1.79. The van der Waals surface area contributed by atoms with E-state index < -0.39 is 23.6 Å². The van der Waals surface area contributed by atoms with Crippen LogP contribution in [0.5, 0.6) is 0 Å². The Balaban J connectivity index is 2.29. The first-order valence-electron chi connectivity index (χ1n) is 5.89. The predicted octanol–water partition coefficient (Wildman–Crippen LogP) is 0.607. The van der Waals surface area contributed by atoms with Gasteiger partial charge < -0.3 is 0 Å². The molecule has 0 atom stereocenters. The van der Waals surface area contributed by atoms with Crippen LogP contribution in [0.2, 0.25) is 0 Å². The van der Waals surface area contributed by atoms with Gasteiger partial charge in [0, 0.05) is 33.0 Å². The lowest BCUT2D eigenvalue weighted by molar-refractivity contribution is 0.0823. The van der Waals surface area contributed by atoms with E-state index in [4.69, 9.17) is 0 Å². The normalized spacial score (nSPS) is 16.2. The highest BCUT2D eigenvalue weighted by Gasteiger charge is 2.32. The lowest BCUT2D eigenvalue weighted by Crippen LogP contribution is -2.38. The van der Waals surface area contributed by atoms with Crippen molar-refractivity contribution in [3.63, 3.8) is 0 Å². The van der Waals surface area contributed by atoms with Gasteiger partial charge in [0.15, 0.2) is 0 Å². The number of amides is 4. The van der Waals surface area contributed by atoms with Crippen molar-refractivity contribution in [2.75, 3.05) is 0 Å². The highest BCUT2D eigenvalue weighted by Crippen LogP contribution is 2.33. The minimum absolute atomic E-state index is 0.294. The molecule has 6 heteroatoms. The van der Waals surface area contributed by atoms with E-state index in [1.165, 1.54) is 24.3 Å². The monoisotopic (exact) mass is 266 g/mol. The van der Waals surface area contributed by atoms with Crippen LogP contribution >= 0.6 is 0 Å². The van der Waals surface area contributed by atoms with E-state index in [-0.39, 0.29) is 0 Å². The second-order valence-electron chi connectivity index (χ2n) is 4.64. The van der Waals surface area contributed by atoms with Gasteiger partial charge in [-0.25, -0.2) is 0 Å². The van der Waals surface area contributed by atoms with Gasteiger partial charge in [-0.05, 0) is 24.3 Å². The van der Waals surface area contributed by atoms with Crippen molar-refractivity contribution in [2.45, 2.75) is 0 Å². The van der Waals surface area contributed by atoms with Crippen molar-refractivity contribution >= 4 is 34.4 Å². The maximum Gasteiger partial charge on any atom is 0.258 e. The van der Waals surface area contributed by atoms with Crippen LogP contribution < -0.4 is 10.6 Å². The third-order valence-electron chi connectivity index (χ3n) is 3.59. The van der Waals surface area contributed by atoms with E-state index in [1.807, 2.05) is 0 Å². The summed E-state index contributed by atoms with van der Waals surface area (Å²) in [6.45, 7) is 0. The van der Waals surface area contributed by atoms with Crippen LogP contribution in [-0.4, -0.2) is 23.6 Å². The molecule has 0 saturated heterocycles. The van der Waals surface area contributed by atoms with Crippen molar-refractivity contribution in [1.29, 1.82) is 0 Å². The van der Waals surface area contributed by atoms with Crippen molar-refractivity contribution < 1.29 is 19.2 Å². The average molecular weight is 266 g/mol. The molecule has 2 heterocycles. The zero-order valence-electron chi connectivity index (χ0n) is 9.94. The minimum atomic E-state index is -0.523. The molecule has 0 spiro atoms. The van der Waals surface area contributed by atoms with Gasteiger partial charge in [0.25, 0.3) is 23.6 Å². The average Bonchev–Trinajstić information content (AvgIpc) is 2.42. The fraction of sp³-hybridized carbons (Fsp3) is 0. The fourth-order valence-corrected chi connectivity index (χ4v) is 2.73. The van der Waals surface area contributed by atoms with E-state index in [0.29, 0.717) is 33.0 Å². The molecule has 2 aromatic rings. The van der Waals surface area contributed by atoms with E-state index in [0.717, 1.165) is 0 Å². The molecule has 2 aliphatic heterocycles. The molecule has 0 aliphatic carbocycles. The lowest BCUT2D eigenvalue weighted by atomic mass is 9.87. The molecule has 0 aromatic heterocycles. The Bertz CT molecular complexity index is 743. The second kappa shape index (κ2) is 3.30. The molecule has 6 nitrogen and oxygen atoms in total. The van der Waals surface area contributed by atoms with E-state index in [9.17, 15) is 19.2 Å². The van der Waals surface area contributed by atoms with E-state index in [2.05, 4.69) is 10.6 Å². The standard InChI is InChI=1S/C14H6N2O4/c17-11-5-1-2-6-10-8(14(20)16-12(6)18)4-3-7(9(5)10)13(19)15-11/h1-4H,(H,15,17,19)(H,16,18,20). The summed E-state index contributed by atoms with van der Waals surface area (Å²) in [5.41, 5.74) is 1.18. The van der Waals surface area contributed by atoms with Gasteiger partial charge >= 0.3 is 0 Å². The van der Waals surface area contributed by atoms with Crippen LogP contribution in [0.1, 0.15) is 41.4 Å². The number of imide groups is 2. The lowest BCUT2D eigenvalue weighted by Gasteiger charge is -2.22. The first kappa shape index (κ1) is 10.9. The Morgan fingerprint density at radius 1 is 0.500 bits per heavy atom. The maximum absolute atomic E-state index is 11.9. The predicted molar refractivity (Wildman–Crippen MR) is 67.5 cm³/mol. The summed E-state index contributed by atoms with van der Waals surface area (Å²) in [5.74, 6) is -2.09. The zero-order chi connectivity index (χ0) is 14.0. The molecule has 4 amide bonds. The van der Waals surface area contributed by atoms with Gasteiger partial charge in [0.05, 0.1) is 0 Å². The SMILES string of the molecule is O=C1NC(=O)c2ccc3c4c(ccc1c24)C(=O)NC3=O. The molecule has 0 radical (unpaired) electrons. The van der Waals surface area contributed by atoms with Gasteiger partial charge in [-0.3, -0.25) is 29.8 Å². The number of rotatable bonds is 0. The molecular formula is C14H6N2O4. The van der Waals surface area contributed by atoms with Crippen LogP contribution in [0.3, 0.4) is 0 Å². The molecule has 0 saturated carbocycles. The third-order valence-corrected chi connectivity index (χ3v) is 3.59. The van der Waals surface area contributed by atoms with E-state index in [1.54, 1.807) is 0 Å². The highest BCUT2D eigenvalue weighted by molar-refractivity contribution is 6.33. The van der Waals surface area contributed by atoms with Crippen LogP contribution in [-0.2, 0) is 0 Å². The summed E-state index contributed by atoms with van der Waals surface area (Å²) < 4.78 is 0. The van der Waals surface area contributed by atoms with Gasteiger partial charge in [-0.1, -0.05) is 0 Å². The number of nitrogens with one attached hydrogen (secondary N) is 2. The molecule has 4 rings (SSSR count). The first-order valence-corrected chi connectivity index (χ1v) is 5.89. The quantitative estimate of drug-likeness (QED) is 0.683. The first-order chi connectivity index (χ1) is 9.58. The van der Waals surface area contributed by atoms with E-state index >= 15 is 0 Å². The Morgan fingerprint density at radius 3 is 1.00 bits per heavy atom. The Hall–Kier alpha value is -3.02. The molecule has 0 unspecified atom stereocenters. The zero-order valence-corrected chi connectivity index (χ0v) is 9.94. The minimum Gasteiger partial charge on any atom is -0.288 e. The Labute approximate surface area is 111 Å². The van der Waals surface area contributed by atoms with Gasteiger partial charge in [0.1, 0.15) is 0 Å². The number of carbonyl (C=O) groups excluding carboxylic acids is 4. The van der Waals surface area contributed by atoms with Crippen LogP contribution in [0.4, 0.5) is 0 Å². The van der Waals surface area contributed by atoms with Gasteiger partial charge in [-0.15, -0.1) is 0 Å². The molecule has 0 fully saturated rings. The summed E-state index contributed by atoms with van der Waals surface area (Å²) in [7, 11) is 0. The van der Waals surface area contributed by atoms with Gasteiger partial charge in [-0.2, -0.15) is 0 Å². The van der Waals surface area contributed by atoms with Gasteiger partial charge in [0.2, 0.25) is 0 Å². The van der Waals surface area contributed by atoms with Crippen molar-refractivity contribution in [2.24, 2.45) is 0 Å². The number of hydrogen-bond donors (Lipinski definition) is 2. The summed E-state index contributed by atoms with van der Waals surface area (Å²) in [5, 5.41) is 5.20. The molecular weight excluding hydrogens is 260 g/mol. The number of benzene rings is 2. The molecule has 96 valence electrons. The third kappa shape index (κ3) is 1.13. The van der Waals surface area contributed by atoms with Crippen LogP contribution in [0, 0.1) is 0 Å². The summed E-state index contributed by atoms with van der Waals surface area (Å²) >= 11 is 0. The van der Waals surface area contributed by atoms with Crippen LogP contribution in [0.15, 0.2) is 24.3 Å². The Morgan fingerprint density at radius 2 is 0.750 bits per heavy atom. The fourth-order valence-electron chi connectivity index (χ4n) is 2.73. The van der Waals surface area contributed by atoms with Crippen molar-refractivity contribution in [1.82, 2.24) is 10.6 Å². The maximum atomic E-state index is 11.9. The smallest absolute Gasteiger partial charge is 0.258 e. The summed E-state index contributed by atoms with van der Waals surface area (Å²) in [4.78, 5) is 47.4. The number of hydrogen-bond acceptors (Lipinski definition) is 4.